The number of nitrogens with one attached hydrogen (secondary N) is 2. The summed E-state index contributed by atoms with van der Waals surface area (Å²) in [5.74, 6) is -1.10. The Morgan fingerprint density at radius 1 is 1.00 bits per heavy atom. The summed E-state index contributed by atoms with van der Waals surface area (Å²) in [6.07, 6.45) is 3.16. The molecule has 0 radical (unpaired) electrons. The van der Waals surface area contributed by atoms with Crippen LogP contribution in [0.1, 0.15) is 25.6 Å². The molecule has 2 aromatic heterocycles. The number of benzene rings is 2. The van der Waals surface area contributed by atoms with Gasteiger partial charge in [0.1, 0.15) is 5.82 Å². The Kier molecular flexibility index (Phi) is 6.01. The second kappa shape index (κ2) is 9.03. The van der Waals surface area contributed by atoms with Crippen LogP contribution in [-0.2, 0) is 11.3 Å². The Morgan fingerprint density at radius 3 is 2.52 bits per heavy atom. The second-order valence-electron chi connectivity index (χ2n) is 6.68. The fourth-order valence-electron chi connectivity index (χ4n) is 3.20. The van der Waals surface area contributed by atoms with E-state index < -0.39 is 5.82 Å². The van der Waals surface area contributed by atoms with Gasteiger partial charge in [-0.25, -0.2) is 4.39 Å². The van der Waals surface area contributed by atoms with Gasteiger partial charge in [-0.3, -0.25) is 14.6 Å². The summed E-state index contributed by atoms with van der Waals surface area (Å²) in [5.41, 5.74) is 1.96. The molecule has 0 aliphatic heterocycles. The third kappa shape index (κ3) is 4.45. The average Bonchev–Trinajstić information content (AvgIpc) is 3.15. The fourth-order valence-corrected chi connectivity index (χ4v) is 4.31. The van der Waals surface area contributed by atoms with Crippen LogP contribution in [0.5, 0.6) is 0 Å². The molecule has 2 aromatic carbocycles. The van der Waals surface area contributed by atoms with E-state index in [1.54, 1.807) is 60.9 Å². The van der Waals surface area contributed by atoms with Gasteiger partial charge in [0.25, 0.3) is 11.8 Å². The maximum Gasteiger partial charge on any atom is 0.266 e. The zero-order valence-corrected chi connectivity index (χ0v) is 17.3. The van der Waals surface area contributed by atoms with Gasteiger partial charge in [0, 0.05) is 52.1 Å². The molecule has 2 amide bonds. The number of halogens is 1. The van der Waals surface area contributed by atoms with Crippen LogP contribution >= 0.6 is 11.3 Å². The van der Waals surface area contributed by atoms with Gasteiger partial charge in [-0.1, -0.05) is 12.1 Å². The number of fused-ring (bicyclic) bond motifs is 1. The topological polar surface area (TPSA) is 80.3 Å². The number of ether oxygens (including phenoxy) is 1. The van der Waals surface area contributed by atoms with Crippen molar-refractivity contribution < 1.29 is 18.7 Å². The molecule has 4 rings (SSSR count). The van der Waals surface area contributed by atoms with Crippen molar-refractivity contribution in [2.75, 3.05) is 17.7 Å². The lowest BCUT2D eigenvalue weighted by molar-refractivity contribution is 0.101. The molecule has 2 heterocycles. The molecule has 0 aliphatic rings. The summed E-state index contributed by atoms with van der Waals surface area (Å²) in [6.45, 7) is 0.109. The number of carbonyl (C=O) groups excluding carboxylic acids is 2. The quantitative estimate of drug-likeness (QED) is 0.442. The number of hydrogen-bond acceptors (Lipinski definition) is 5. The third-order valence-electron chi connectivity index (χ3n) is 4.58. The van der Waals surface area contributed by atoms with E-state index in [-0.39, 0.29) is 18.4 Å². The van der Waals surface area contributed by atoms with E-state index in [1.165, 1.54) is 24.5 Å². The zero-order chi connectivity index (χ0) is 21.8. The van der Waals surface area contributed by atoms with Crippen molar-refractivity contribution in [3.8, 4) is 0 Å². The van der Waals surface area contributed by atoms with Gasteiger partial charge in [-0.15, -0.1) is 11.3 Å². The summed E-state index contributed by atoms with van der Waals surface area (Å²) in [7, 11) is 1.50. The first-order valence-corrected chi connectivity index (χ1v) is 10.2. The Labute approximate surface area is 181 Å². The van der Waals surface area contributed by atoms with E-state index in [0.717, 1.165) is 0 Å². The lowest BCUT2D eigenvalue weighted by Crippen LogP contribution is -2.15. The van der Waals surface area contributed by atoms with E-state index in [4.69, 9.17) is 4.74 Å². The van der Waals surface area contributed by atoms with Crippen LogP contribution in [0, 0.1) is 5.82 Å². The fraction of sp³-hybridized carbons (Fsp3) is 0.0870. The number of thiophene rings is 1. The van der Waals surface area contributed by atoms with Crippen LogP contribution in [0.2, 0.25) is 0 Å². The van der Waals surface area contributed by atoms with Crippen LogP contribution in [-0.4, -0.2) is 23.9 Å². The van der Waals surface area contributed by atoms with Crippen LogP contribution in [0.4, 0.5) is 15.8 Å². The van der Waals surface area contributed by atoms with E-state index >= 15 is 0 Å². The molecule has 31 heavy (non-hydrogen) atoms. The van der Waals surface area contributed by atoms with Gasteiger partial charge in [0.15, 0.2) is 0 Å². The van der Waals surface area contributed by atoms with Gasteiger partial charge < -0.3 is 15.4 Å². The van der Waals surface area contributed by atoms with Gasteiger partial charge in [-0.2, -0.15) is 0 Å². The molecule has 156 valence electrons. The largest absolute Gasteiger partial charge is 0.380 e. The standard InChI is InChI=1S/C23H18FN3O3S/c1-30-13-17-20-18(24)6-3-7-19(20)31-21(17)23(29)27-16-5-2-4-14(12-16)22(28)26-15-8-10-25-11-9-15/h2-12H,13H2,1H3,(H,27,29)(H,25,26,28). The van der Waals surface area contributed by atoms with Crippen LogP contribution in [0.3, 0.4) is 0 Å². The molecule has 0 unspecified atom stereocenters. The summed E-state index contributed by atoms with van der Waals surface area (Å²) in [5, 5.41) is 5.97. The number of hydrogen-bond donors (Lipinski definition) is 2. The second-order valence-corrected chi connectivity index (χ2v) is 7.73. The van der Waals surface area contributed by atoms with Gasteiger partial charge in [0.2, 0.25) is 0 Å². The van der Waals surface area contributed by atoms with Crippen molar-refractivity contribution >= 4 is 44.6 Å². The molecule has 2 N–H and O–H groups in total. The SMILES string of the molecule is COCc1c(C(=O)Nc2cccc(C(=O)Nc3ccncc3)c2)sc2cccc(F)c12. The highest BCUT2D eigenvalue weighted by molar-refractivity contribution is 7.21. The van der Waals surface area contributed by atoms with E-state index in [2.05, 4.69) is 15.6 Å². The lowest BCUT2D eigenvalue weighted by atomic mass is 10.1. The zero-order valence-electron chi connectivity index (χ0n) is 16.5. The highest BCUT2D eigenvalue weighted by Gasteiger charge is 2.21. The maximum atomic E-state index is 14.4. The first-order valence-electron chi connectivity index (χ1n) is 9.38. The monoisotopic (exact) mass is 435 g/mol. The molecular weight excluding hydrogens is 417 g/mol. The van der Waals surface area contributed by atoms with Crippen molar-refractivity contribution in [3.63, 3.8) is 0 Å². The maximum absolute atomic E-state index is 14.4. The van der Waals surface area contributed by atoms with Gasteiger partial charge in [0.05, 0.1) is 11.5 Å². The van der Waals surface area contributed by atoms with Crippen molar-refractivity contribution in [2.45, 2.75) is 6.61 Å². The molecule has 6 nitrogen and oxygen atoms in total. The number of amides is 2. The van der Waals surface area contributed by atoms with Crippen LogP contribution in [0.25, 0.3) is 10.1 Å². The lowest BCUT2D eigenvalue weighted by Gasteiger charge is -2.09. The van der Waals surface area contributed by atoms with Crippen molar-refractivity contribution in [1.29, 1.82) is 0 Å². The molecule has 0 aliphatic carbocycles. The number of pyridine rings is 1. The predicted molar refractivity (Wildman–Crippen MR) is 119 cm³/mol. The minimum Gasteiger partial charge on any atom is -0.380 e. The number of carbonyl (C=O) groups is 2. The van der Waals surface area contributed by atoms with Crippen LogP contribution in [0.15, 0.2) is 67.0 Å². The molecule has 0 atom stereocenters. The Hall–Kier alpha value is -3.62. The number of anilines is 2. The third-order valence-corrected chi connectivity index (χ3v) is 5.78. The summed E-state index contributed by atoms with van der Waals surface area (Å²) in [4.78, 5) is 29.8. The molecule has 0 bridgehead atoms. The molecule has 4 aromatic rings. The summed E-state index contributed by atoms with van der Waals surface area (Å²) in [6, 6.07) is 14.7. The Morgan fingerprint density at radius 2 is 1.74 bits per heavy atom. The number of methoxy groups -OCH3 is 1. The number of aromatic nitrogens is 1. The smallest absolute Gasteiger partial charge is 0.266 e. The van der Waals surface area contributed by atoms with Crippen molar-refractivity contribution in [3.05, 3.63) is 88.8 Å². The average molecular weight is 435 g/mol. The van der Waals surface area contributed by atoms with Crippen molar-refractivity contribution in [2.24, 2.45) is 0 Å². The first kappa shape index (κ1) is 20.6. The molecule has 0 saturated heterocycles. The first-order chi connectivity index (χ1) is 15.1. The van der Waals surface area contributed by atoms with Crippen LogP contribution < -0.4 is 10.6 Å². The van der Waals surface area contributed by atoms with E-state index in [9.17, 15) is 14.0 Å². The number of nitrogens with zero attached hydrogens (tertiary/aromatic N) is 1. The van der Waals surface area contributed by atoms with Crippen molar-refractivity contribution in [1.82, 2.24) is 4.98 Å². The molecule has 8 heteroatoms. The van der Waals surface area contributed by atoms with Gasteiger partial charge >= 0.3 is 0 Å². The van der Waals surface area contributed by atoms with Gasteiger partial charge in [-0.05, 0) is 42.5 Å². The normalized spacial score (nSPS) is 10.8. The molecule has 0 fully saturated rings. The Balaban J connectivity index is 1.58. The minimum absolute atomic E-state index is 0.109. The molecule has 0 saturated carbocycles. The molecular formula is C23H18FN3O3S. The summed E-state index contributed by atoms with van der Waals surface area (Å²) < 4.78 is 20.2. The Bertz CT molecular complexity index is 1260. The van der Waals surface area contributed by atoms with E-state index in [1.807, 2.05) is 0 Å². The highest BCUT2D eigenvalue weighted by Crippen LogP contribution is 2.34. The predicted octanol–water partition coefficient (Wildman–Crippen LogP) is 5.09. The summed E-state index contributed by atoms with van der Waals surface area (Å²) >= 11 is 1.20. The highest BCUT2D eigenvalue weighted by atomic mass is 32.1. The minimum atomic E-state index is -0.394. The molecule has 0 spiro atoms. The number of rotatable bonds is 6. The van der Waals surface area contributed by atoms with E-state index in [0.29, 0.717) is 37.5 Å².